The van der Waals surface area contributed by atoms with Gasteiger partial charge in [-0.05, 0) is 19.3 Å². The van der Waals surface area contributed by atoms with Crippen LogP contribution in [0.4, 0.5) is 0 Å². The van der Waals surface area contributed by atoms with Crippen LogP contribution >= 0.6 is 0 Å². The van der Waals surface area contributed by atoms with Crippen molar-refractivity contribution in [1.82, 2.24) is 0 Å². The molecule has 0 bridgehead atoms. The van der Waals surface area contributed by atoms with Crippen LogP contribution in [0.15, 0.2) is 12.2 Å². The molecule has 5 heteroatoms. The van der Waals surface area contributed by atoms with Crippen LogP contribution in [0.25, 0.3) is 0 Å². The number of aliphatic hydroxyl groups is 2. The highest BCUT2D eigenvalue weighted by Crippen LogP contribution is 2.34. The molecule has 0 aliphatic heterocycles. The minimum atomic E-state index is -0.768. The molecule has 0 spiro atoms. The molecule has 0 aromatic carbocycles. The van der Waals surface area contributed by atoms with Gasteiger partial charge >= 0.3 is 5.97 Å². The molecule has 1 fully saturated rings. The highest BCUT2D eigenvalue weighted by atomic mass is 16.4. The summed E-state index contributed by atoms with van der Waals surface area (Å²) >= 11 is 0. The third-order valence-corrected chi connectivity index (χ3v) is 4.80. The van der Waals surface area contributed by atoms with Crippen molar-refractivity contribution in [3.8, 4) is 0 Å². The second-order valence-corrected chi connectivity index (χ2v) is 6.86. The number of carboxylic acids is 1. The topological polar surface area (TPSA) is 94.8 Å². The molecular formula is C19H32O5. The maximum absolute atomic E-state index is 12.1. The van der Waals surface area contributed by atoms with Gasteiger partial charge in [-0.25, -0.2) is 0 Å². The average molecular weight is 340 g/mol. The quantitative estimate of drug-likeness (QED) is 0.375. The summed E-state index contributed by atoms with van der Waals surface area (Å²) in [5, 5.41) is 28.6. The number of Topliss-reactive ketones (excluding diaryl/α,β-unsaturated/α-hetero) is 1. The zero-order chi connectivity index (χ0) is 17.9. The molecule has 4 atom stereocenters. The standard InChI is InChI=1S/C19H32O5/c1-2-3-8-14(20)11-12-16-15(17(21)13-18(16)22)9-6-4-5-7-10-19(23)24/h11-12,14-16,18,20,22H,2-10,13H2,1H3,(H,23,24)/b12-11+/t14-,15?,16?,18+/m0/s1. The van der Waals surface area contributed by atoms with E-state index in [1.165, 1.54) is 0 Å². The normalized spacial score (nSPS) is 25.5. The van der Waals surface area contributed by atoms with E-state index in [-0.39, 0.29) is 30.5 Å². The molecule has 1 aliphatic rings. The highest BCUT2D eigenvalue weighted by molar-refractivity contribution is 5.84. The van der Waals surface area contributed by atoms with E-state index in [0.29, 0.717) is 12.8 Å². The number of carbonyl (C=O) groups is 2. The van der Waals surface area contributed by atoms with Crippen molar-refractivity contribution < 1.29 is 24.9 Å². The van der Waals surface area contributed by atoms with Gasteiger partial charge < -0.3 is 15.3 Å². The first kappa shape index (κ1) is 20.8. The molecule has 0 amide bonds. The van der Waals surface area contributed by atoms with Gasteiger partial charge in [0.25, 0.3) is 0 Å². The summed E-state index contributed by atoms with van der Waals surface area (Å²) < 4.78 is 0. The van der Waals surface area contributed by atoms with Gasteiger partial charge in [-0.3, -0.25) is 9.59 Å². The third kappa shape index (κ3) is 7.58. The summed E-state index contributed by atoms with van der Waals surface area (Å²) in [5.41, 5.74) is 0. The maximum Gasteiger partial charge on any atom is 0.303 e. The van der Waals surface area contributed by atoms with Gasteiger partial charge in [0.2, 0.25) is 0 Å². The van der Waals surface area contributed by atoms with Crippen LogP contribution in [0.5, 0.6) is 0 Å². The Balaban J connectivity index is 2.40. The largest absolute Gasteiger partial charge is 0.481 e. The van der Waals surface area contributed by atoms with Crippen LogP contribution in [-0.2, 0) is 9.59 Å². The van der Waals surface area contributed by atoms with E-state index in [9.17, 15) is 19.8 Å². The van der Waals surface area contributed by atoms with Gasteiger partial charge in [0.05, 0.1) is 12.2 Å². The number of hydrogen-bond donors (Lipinski definition) is 3. The Morgan fingerprint density at radius 3 is 2.62 bits per heavy atom. The first-order chi connectivity index (χ1) is 11.5. The summed E-state index contributed by atoms with van der Waals surface area (Å²) in [4.78, 5) is 22.5. The van der Waals surface area contributed by atoms with E-state index in [4.69, 9.17) is 5.11 Å². The molecular weight excluding hydrogens is 308 g/mol. The number of ketones is 1. The molecule has 138 valence electrons. The predicted octanol–water partition coefficient (Wildman–Crippen LogP) is 3.09. The molecule has 1 rings (SSSR count). The Morgan fingerprint density at radius 2 is 1.96 bits per heavy atom. The van der Waals surface area contributed by atoms with Crippen molar-refractivity contribution in [2.75, 3.05) is 0 Å². The molecule has 0 saturated heterocycles. The summed E-state index contributed by atoms with van der Waals surface area (Å²) in [5.74, 6) is -1.04. The Bertz CT molecular complexity index is 418. The van der Waals surface area contributed by atoms with Gasteiger partial charge in [-0.15, -0.1) is 0 Å². The van der Waals surface area contributed by atoms with E-state index < -0.39 is 18.2 Å². The fourth-order valence-corrected chi connectivity index (χ4v) is 3.35. The van der Waals surface area contributed by atoms with Gasteiger partial charge in [0.15, 0.2) is 0 Å². The molecule has 0 aromatic heterocycles. The van der Waals surface area contributed by atoms with Crippen LogP contribution < -0.4 is 0 Å². The van der Waals surface area contributed by atoms with Crippen LogP contribution in [0, 0.1) is 11.8 Å². The Hall–Kier alpha value is -1.20. The smallest absolute Gasteiger partial charge is 0.303 e. The monoisotopic (exact) mass is 340 g/mol. The minimum absolute atomic E-state index is 0.103. The number of unbranched alkanes of at least 4 members (excludes halogenated alkanes) is 4. The molecule has 2 unspecified atom stereocenters. The number of hydrogen-bond acceptors (Lipinski definition) is 4. The molecule has 3 N–H and O–H groups in total. The van der Waals surface area contributed by atoms with Crippen LogP contribution in [0.3, 0.4) is 0 Å². The van der Waals surface area contributed by atoms with E-state index in [0.717, 1.165) is 38.5 Å². The first-order valence-corrected chi connectivity index (χ1v) is 9.24. The van der Waals surface area contributed by atoms with E-state index >= 15 is 0 Å². The van der Waals surface area contributed by atoms with Crippen LogP contribution in [0.2, 0.25) is 0 Å². The second kappa shape index (κ2) is 11.4. The lowest BCUT2D eigenvalue weighted by molar-refractivity contribution is -0.137. The van der Waals surface area contributed by atoms with Crippen molar-refractivity contribution in [3.05, 3.63) is 12.2 Å². The number of aliphatic hydroxyl groups excluding tert-OH is 2. The van der Waals surface area contributed by atoms with Crippen molar-refractivity contribution in [3.63, 3.8) is 0 Å². The molecule has 24 heavy (non-hydrogen) atoms. The van der Waals surface area contributed by atoms with Crippen LogP contribution in [-0.4, -0.2) is 39.3 Å². The van der Waals surface area contributed by atoms with Gasteiger partial charge in [-0.2, -0.15) is 0 Å². The lowest BCUT2D eigenvalue weighted by atomic mass is 9.88. The molecule has 0 aromatic rings. The first-order valence-electron chi connectivity index (χ1n) is 9.24. The van der Waals surface area contributed by atoms with E-state index in [1.54, 1.807) is 6.08 Å². The Labute approximate surface area is 144 Å². The van der Waals surface area contributed by atoms with Crippen molar-refractivity contribution in [2.24, 2.45) is 11.8 Å². The lowest BCUT2D eigenvalue weighted by Crippen LogP contribution is -2.19. The van der Waals surface area contributed by atoms with Gasteiger partial charge in [0.1, 0.15) is 5.78 Å². The Kier molecular flexibility index (Phi) is 9.88. The number of carboxylic acid groups (broad SMARTS) is 1. The summed E-state index contributed by atoms with van der Waals surface area (Å²) in [6, 6.07) is 0. The second-order valence-electron chi connectivity index (χ2n) is 6.86. The van der Waals surface area contributed by atoms with Gasteiger partial charge in [0, 0.05) is 24.7 Å². The zero-order valence-corrected chi connectivity index (χ0v) is 14.7. The predicted molar refractivity (Wildman–Crippen MR) is 92.6 cm³/mol. The van der Waals surface area contributed by atoms with E-state index in [1.807, 2.05) is 6.08 Å². The molecule has 1 saturated carbocycles. The fraction of sp³-hybridized carbons (Fsp3) is 0.789. The highest BCUT2D eigenvalue weighted by Gasteiger charge is 2.39. The third-order valence-electron chi connectivity index (χ3n) is 4.80. The lowest BCUT2D eigenvalue weighted by Gasteiger charge is -2.18. The molecule has 1 aliphatic carbocycles. The SMILES string of the molecule is CCCC[C@H](O)/C=C/C1C(CCCCCCC(=O)O)C(=O)C[C@H]1O. The zero-order valence-electron chi connectivity index (χ0n) is 14.7. The summed E-state index contributed by atoms with van der Waals surface area (Å²) in [7, 11) is 0. The number of rotatable bonds is 12. The summed E-state index contributed by atoms with van der Waals surface area (Å²) in [6.45, 7) is 2.07. The van der Waals surface area contributed by atoms with Crippen molar-refractivity contribution in [1.29, 1.82) is 0 Å². The Morgan fingerprint density at radius 1 is 1.25 bits per heavy atom. The van der Waals surface area contributed by atoms with E-state index in [2.05, 4.69) is 6.92 Å². The van der Waals surface area contributed by atoms with Crippen molar-refractivity contribution >= 4 is 11.8 Å². The van der Waals surface area contributed by atoms with Crippen molar-refractivity contribution in [2.45, 2.75) is 83.3 Å². The van der Waals surface area contributed by atoms with Crippen LogP contribution in [0.1, 0.15) is 71.1 Å². The fourth-order valence-electron chi connectivity index (χ4n) is 3.35. The molecule has 5 nitrogen and oxygen atoms in total. The number of aliphatic carboxylic acids is 1. The number of carbonyl (C=O) groups excluding carboxylic acids is 1. The molecule has 0 heterocycles. The minimum Gasteiger partial charge on any atom is -0.481 e. The maximum atomic E-state index is 12.1. The molecule has 0 radical (unpaired) electrons. The average Bonchev–Trinajstić information content (AvgIpc) is 2.79. The summed E-state index contributed by atoms with van der Waals surface area (Å²) in [6.07, 6.45) is 9.50. The van der Waals surface area contributed by atoms with Gasteiger partial charge in [-0.1, -0.05) is 51.2 Å².